The van der Waals surface area contributed by atoms with Gasteiger partial charge in [0.15, 0.2) is 10.9 Å². The van der Waals surface area contributed by atoms with Crippen LogP contribution in [-0.4, -0.2) is 24.0 Å². The van der Waals surface area contributed by atoms with E-state index < -0.39 is 11.9 Å². The zero-order valence-corrected chi connectivity index (χ0v) is 9.93. The van der Waals surface area contributed by atoms with Crippen molar-refractivity contribution in [1.29, 1.82) is 0 Å². The zero-order chi connectivity index (χ0) is 12.3. The smallest absolute Gasteiger partial charge is 0.341 e. The Bertz CT molecular complexity index is 447. The molecule has 0 aliphatic rings. The van der Waals surface area contributed by atoms with Gasteiger partial charge in [0, 0.05) is 6.92 Å². The third kappa shape index (κ3) is 2.84. The van der Waals surface area contributed by atoms with E-state index in [0.717, 1.165) is 0 Å². The standard InChI is InChI=1S/C9H7Cl2NO4/c1-4(13)16-7-5(9(14)15-2)3-6(10)12-8(7)11/h3H,1-2H3. The Hall–Kier alpha value is -1.33. The molecule has 0 aliphatic heterocycles. The lowest BCUT2D eigenvalue weighted by molar-refractivity contribution is -0.131. The fraction of sp³-hybridized carbons (Fsp3) is 0.222. The lowest BCUT2D eigenvalue weighted by Crippen LogP contribution is -2.10. The second kappa shape index (κ2) is 5.14. The molecule has 0 N–H and O–H groups in total. The quantitative estimate of drug-likeness (QED) is 0.604. The molecule has 1 rings (SSSR count). The third-order valence-corrected chi connectivity index (χ3v) is 2.00. The van der Waals surface area contributed by atoms with Crippen molar-refractivity contribution in [2.24, 2.45) is 0 Å². The van der Waals surface area contributed by atoms with E-state index in [2.05, 4.69) is 9.72 Å². The van der Waals surface area contributed by atoms with Crippen LogP contribution in [-0.2, 0) is 9.53 Å². The largest absolute Gasteiger partial charge is 0.465 e. The number of pyridine rings is 1. The van der Waals surface area contributed by atoms with E-state index in [-0.39, 0.29) is 21.6 Å². The molecule has 1 aromatic rings. The van der Waals surface area contributed by atoms with Gasteiger partial charge in [-0.05, 0) is 6.07 Å². The maximum atomic E-state index is 11.4. The summed E-state index contributed by atoms with van der Waals surface area (Å²) in [5.74, 6) is -1.51. The molecule has 0 saturated carbocycles. The third-order valence-electron chi connectivity index (χ3n) is 1.55. The van der Waals surface area contributed by atoms with Crippen molar-refractivity contribution in [3.05, 3.63) is 21.9 Å². The first-order valence-electron chi connectivity index (χ1n) is 4.08. The van der Waals surface area contributed by atoms with Gasteiger partial charge in [-0.15, -0.1) is 0 Å². The summed E-state index contributed by atoms with van der Waals surface area (Å²) in [6.45, 7) is 1.17. The maximum Gasteiger partial charge on any atom is 0.341 e. The highest BCUT2D eigenvalue weighted by Crippen LogP contribution is 2.30. The topological polar surface area (TPSA) is 65.5 Å². The van der Waals surface area contributed by atoms with Gasteiger partial charge in [-0.2, -0.15) is 0 Å². The van der Waals surface area contributed by atoms with Crippen molar-refractivity contribution in [2.45, 2.75) is 6.92 Å². The maximum absolute atomic E-state index is 11.4. The van der Waals surface area contributed by atoms with E-state index >= 15 is 0 Å². The molecule has 0 unspecified atom stereocenters. The Balaban J connectivity index is 3.31. The van der Waals surface area contributed by atoms with Crippen molar-refractivity contribution in [3.63, 3.8) is 0 Å². The molecule has 0 aromatic carbocycles. The minimum absolute atomic E-state index is 0.00121. The molecule has 0 spiro atoms. The van der Waals surface area contributed by atoms with Gasteiger partial charge in [0.05, 0.1) is 7.11 Å². The van der Waals surface area contributed by atoms with Crippen molar-refractivity contribution >= 4 is 35.1 Å². The van der Waals surface area contributed by atoms with E-state index in [4.69, 9.17) is 27.9 Å². The van der Waals surface area contributed by atoms with Gasteiger partial charge in [-0.3, -0.25) is 4.79 Å². The number of carbonyl (C=O) groups is 2. The lowest BCUT2D eigenvalue weighted by Gasteiger charge is -2.08. The van der Waals surface area contributed by atoms with Crippen molar-refractivity contribution in [3.8, 4) is 5.75 Å². The predicted octanol–water partition coefficient (Wildman–Crippen LogP) is 2.10. The van der Waals surface area contributed by atoms with E-state index in [1.54, 1.807) is 0 Å². The molecule has 0 bridgehead atoms. The Morgan fingerprint density at radius 3 is 2.50 bits per heavy atom. The second-order valence-corrected chi connectivity index (χ2v) is 3.44. The van der Waals surface area contributed by atoms with Crippen LogP contribution in [0.5, 0.6) is 5.75 Å². The number of hydrogen-bond donors (Lipinski definition) is 0. The average Bonchev–Trinajstić information content (AvgIpc) is 2.20. The van der Waals surface area contributed by atoms with Crippen molar-refractivity contribution in [2.75, 3.05) is 7.11 Å². The highest BCUT2D eigenvalue weighted by Gasteiger charge is 2.20. The minimum atomic E-state index is -0.720. The SMILES string of the molecule is COC(=O)c1cc(Cl)nc(Cl)c1OC(C)=O. The lowest BCUT2D eigenvalue weighted by atomic mass is 10.2. The van der Waals surface area contributed by atoms with Gasteiger partial charge in [-0.1, -0.05) is 23.2 Å². The highest BCUT2D eigenvalue weighted by molar-refractivity contribution is 6.34. The molecule has 0 fully saturated rings. The molecular weight excluding hydrogens is 257 g/mol. The molecule has 0 amide bonds. The van der Waals surface area contributed by atoms with Gasteiger partial charge >= 0.3 is 11.9 Å². The molecule has 86 valence electrons. The van der Waals surface area contributed by atoms with Gasteiger partial charge in [0.2, 0.25) is 0 Å². The Morgan fingerprint density at radius 1 is 1.38 bits per heavy atom. The minimum Gasteiger partial charge on any atom is -0.465 e. The van der Waals surface area contributed by atoms with Crippen molar-refractivity contribution < 1.29 is 19.1 Å². The fourth-order valence-electron chi connectivity index (χ4n) is 0.975. The monoisotopic (exact) mass is 263 g/mol. The van der Waals surface area contributed by atoms with Crippen LogP contribution in [0.4, 0.5) is 0 Å². The highest BCUT2D eigenvalue weighted by atomic mass is 35.5. The van der Waals surface area contributed by atoms with Crippen LogP contribution in [0, 0.1) is 0 Å². The second-order valence-electron chi connectivity index (χ2n) is 2.70. The summed E-state index contributed by atoms with van der Waals surface area (Å²) in [6, 6.07) is 1.21. The van der Waals surface area contributed by atoms with E-state index in [0.29, 0.717) is 0 Å². The first-order valence-corrected chi connectivity index (χ1v) is 4.84. The molecule has 7 heteroatoms. The van der Waals surface area contributed by atoms with E-state index in [1.165, 1.54) is 20.1 Å². The molecule has 16 heavy (non-hydrogen) atoms. The first kappa shape index (κ1) is 12.7. The summed E-state index contributed by atoms with van der Waals surface area (Å²) in [7, 11) is 1.18. The number of nitrogens with zero attached hydrogens (tertiary/aromatic N) is 1. The number of ether oxygens (including phenoxy) is 2. The summed E-state index contributed by atoms with van der Waals surface area (Å²) >= 11 is 11.3. The van der Waals surface area contributed by atoms with E-state index in [1.807, 2.05) is 0 Å². The molecule has 1 heterocycles. The molecule has 0 saturated heterocycles. The summed E-state index contributed by atoms with van der Waals surface area (Å²) in [5, 5.41) is -0.176. The Morgan fingerprint density at radius 2 is 2.00 bits per heavy atom. The molecule has 0 aliphatic carbocycles. The Kier molecular flexibility index (Phi) is 4.09. The first-order chi connectivity index (χ1) is 7.45. The molecule has 5 nitrogen and oxygen atoms in total. The van der Waals surface area contributed by atoms with Crippen LogP contribution in [0.15, 0.2) is 6.07 Å². The number of esters is 2. The van der Waals surface area contributed by atoms with Crippen LogP contribution in [0.2, 0.25) is 10.3 Å². The normalized spacial score (nSPS) is 9.75. The van der Waals surface area contributed by atoms with Gasteiger partial charge in [0.1, 0.15) is 10.7 Å². The number of aromatic nitrogens is 1. The van der Waals surface area contributed by atoms with Crippen LogP contribution in [0.25, 0.3) is 0 Å². The summed E-state index contributed by atoms with van der Waals surface area (Å²) in [5.41, 5.74) is -0.0531. The summed E-state index contributed by atoms with van der Waals surface area (Å²) in [4.78, 5) is 25.8. The number of halogens is 2. The van der Waals surface area contributed by atoms with E-state index in [9.17, 15) is 9.59 Å². The van der Waals surface area contributed by atoms with Crippen molar-refractivity contribution in [1.82, 2.24) is 4.98 Å². The average molecular weight is 264 g/mol. The van der Waals surface area contributed by atoms with Gasteiger partial charge < -0.3 is 9.47 Å². The number of carbonyl (C=O) groups excluding carboxylic acids is 2. The van der Waals surface area contributed by atoms with Gasteiger partial charge in [-0.25, -0.2) is 9.78 Å². The Labute approximate surface area is 101 Å². The molecule has 0 radical (unpaired) electrons. The number of hydrogen-bond acceptors (Lipinski definition) is 5. The number of rotatable bonds is 2. The summed E-state index contributed by atoms with van der Waals surface area (Å²) in [6.07, 6.45) is 0. The van der Waals surface area contributed by atoms with Crippen LogP contribution >= 0.6 is 23.2 Å². The zero-order valence-electron chi connectivity index (χ0n) is 8.41. The molecule has 0 atom stereocenters. The van der Waals surface area contributed by atoms with Crippen LogP contribution in [0.1, 0.15) is 17.3 Å². The van der Waals surface area contributed by atoms with Gasteiger partial charge in [0.25, 0.3) is 0 Å². The van der Waals surface area contributed by atoms with Crippen LogP contribution in [0.3, 0.4) is 0 Å². The summed E-state index contributed by atoms with van der Waals surface area (Å²) < 4.78 is 9.25. The number of methoxy groups -OCH3 is 1. The fourth-order valence-corrected chi connectivity index (χ4v) is 1.44. The molecule has 1 aromatic heterocycles. The molecular formula is C9H7Cl2NO4. The van der Waals surface area contributed by atoms with Crippen LogP contribution < -0.4 is 4.74 Å². The predicted molar refractivity (Wildman–Crippen MR) is 56.9 cm³/mol.